The standard InChI is InChI=1S/C19H24N4O3S/c1-2-15(20-11-14(1)23-5-9-25-10-6-23)17-18(26-17)22-19-21-16(12-27-19)13-3-7-24-8-4-13/h1-2,11-13,17-18H,3-10H2,(H,21,22). The van der Waals surface area contributed by atoms with Crippen molar-refractivity contribution in [3.8, 4) is 0 Å². The fourth-order valence-electron chi connectivity index (χ4n) is 3.68. The van der Waals surface area contributed by atoms with Crippen LogP contribution < -0.4 is 10.2 Å². The zero-order chi connectivity index (χ0) is 18.1. The average molecular weight is 388 g/mol. The van der Waals surface area contributed by atoms with Crippen LogP contribution in [-0.4, -0.2) is 55.7 Å². The highest BCUT2D eigenvalue weighted by Crippen LogP contribution is 2.39. The summed E-state index contributed by atoms with van der Waals surface area (Å²) >= 11 is 1.65. The minimum Gasteiger partial charge on any atom is -0.381 e. The molecule has 3 aliphatic rings. The third-order valence-electron chi connectivity index (χ3n) is 5.36. The zero-order valence-corrected chi connectivity index (χ0v) is 16.0. The van der Waals surface area contributed by atoms with Gasteiger partial charge in [-0.2, -0.15) is 0 Å². The Morgan fingerprint density at radius 2 is 1.85 bits per heavy atom. The van der Waals surface area contributed by atoms with Gasteiger partial charge in [-0.3, -0.25) is 4.98 Å². The van der Waals surface area contributed by atoms with Gasteiger partial charge in [0.2, 0.25) is 0 Å². The smallest absolute Gasteiger partial charge is 0.184 e. The van der Waals surface area contributed by atoms with Crippen LogP contribution >= 0.6 is 11.3 Å². The third-order valence-corrected chi connectivity index (χ3v) is 6.15. The first kappa shape index (κ1) is 17.4. The lowest BCUT2D eigenvalue weighted by atomic mass is 9.98. The molecule has 2 unspecified atom stereocenters. The Hall–Kier alpha value is -1.74. The zero-order valence-electron chi connectivity index (χ0n) is 15.2. The van der Waals surface area contributed by atoms with Crippen LogP contribution in [0.3, 0.4) is 0 Å². The topological polar surface area (TPSA) is 72.0 Å². The highest BCUT2D eigenvalue weighted by atomic mass is 32.1. The Kier molecular flexibility index (Phi) is 4.96. The summed E-state index contributed by atoms with van der Waals surface area (Å²) in [6, 6.07) is 4.19. The second-order valence-corrected chi connectivity index (χ2v) is 7.98. The van der Waals surface area contributed by atoms with Crippen molar-refractivity contribution in [1.29, 1.82) is 0 Å². The van der Waals surface area contributed by atoms with Crippen LogP contribution in [-0.2, 0) is 14.2 Å². The third kappa shape index (κ3) is 3.94. The van der Waals surface area contributed by atoms with Gasteiger partial charge in [0.25, 0.3) is 0 Å². The minimum absolute atomic E-state index is 0.000769. The van der Waals surface area contributed by atoms with E-state index in [4.69, 9.17) is 19.2 Å². The van der Waals surface area contributed by atoms with Crippen molar-refractivity contribution >= 4 is 22.2 Å². The number of nitrogens with zero attached hydrogens (tertiary/aromatic N) is 3. The summed E-state index contributed by atoms with van der Waals surface area (Å²) < 4.78 is 16.6. The molecule has 27 heavy (non-hydrogen) atoms. The molecule has 8 heteroatoms. The molecule has 0 radical (unpaired) electrons. The maximum Gasteiger partial charge on any atom is 0.184 e. The number of anilines is 2. The molecule has 0 aliphatic carbocycles. The molecule has 0 saturated carbocycles. The maximum absolute atomic E-state index is 5.79. The number of epoxide rings is 1. The van der Waals surface area contributed by atoms with Gasteiger partial charge in [0.15, 0.2) is 11.4 Å². The van der Waals surface area contributed by atoms with Gasteiger partial charge in [-0.05, 0) is 25.0 Å². The van der Waals surface area contributed by atoms with E-state index in [1.54, 1.807) is 11.3 Å². The predicted octanol–water partition coefficient (Wildman–Crippen LogP) is 2.78. The highest BCUT2D eigenvalue weighted by Gasteiger charge is 2.42. The molecular formula is C19H24N4O3S. The van der Waals surface area contributed by atoms with Crippen LogP contribution in [0.2, 0.25) is 0 Å². The number of aromatic nitrogens is 2. The number of pyridine rings is 1. The van der Waals surface area contributed by atoms with Crippen molar-refractivity contribution in [3.63, 3.8) is 0 Å². The molecule has 5 rings (SSSR count). The molecule has 2 aromatic rings. The van der Waals surface area contributed by atoms with Gasteiger partial charge in [0.05, 0.1) is 36.5 Å². The largest absolute Gasteiger partial charge is 0.381 e. The summed E-state index contributed by atoms with van der Waals surface area (Å²) in [5.74, 6) is 0.524. The van der Waals surface area contributed by atoms with E-state index >= 15 is 0 Å². The van der Waals surface area contributed by atoms with Gasteiger partial charge in [-0.1, -0.05) is 0 Å². The number of hydrogen-bond acceptors (Lipinski definition) is 8. The fraction of sp³-hybridized carbons (Fsp3) is 0.579. The van der Waals surface area contributed by atoms with E-state index in [-0.39, 0.29) is 12.3 Å². The molecule has 3 fully saturated rings. The Morgan fingerprint density at radius 1 is 1.04 bits per heavy atom. The lowest BCUT2D eigenvalue weighted by Gasteiger charge is -2.28. The van der Waals surface area contributed by atoms with Gasteiger partial charge in [-0.25, -0.2) is 4.98 Å². The highest BCUT2D eigenvalue weighted by molar-refractivity contribution is 7.13. The Morgan fingerprint density at radius 3 is 2.63 bits per heavy atom. The SMILES string of the molecule is c1cc(C2OC2Nc2nc(C3CCOCC3)cs2)ncc1N1CCOCC1. The summed E-state index contributed by atoms with van der Waals surface area (Å²) in [6.45, 7) is 5.08. The van der Waals surface area contributed by atoms with E-state index in [2.05, 4.69) is 32.7 Å². The molecule has 2 aromatic heterocycles. The second kappa shape index (κ2) is 7.71. The number of morpholine rings is 1. The van der Waals surface area contributed by atoms with Crippen LogP contribution in [0, 0.1) is 0 Å². The summed E-state index contributed by atoms with van der Waals surface area (Å²) in [6.07, 6.45) is 4.02. The van der Waals surface area contributed by atoms with Gasteiger partial charge < -0.3 is 24.4 Å². The normalized spacial score (nSPS) is 26.1. The minimum atomic E-state index is -0.0413. The molecule has 1 N–H and O–H groups in total. The Labute approximate surface area is 162 Å². The molecule has 0 aromatic carbocycles. The van der Waals surface area contributed by atoms with E-state index in [0.29, 0.717) is 5.92 Å². The van der Waals surface area contributed by atoms with Crippen LogP contribution in [0.25, 0.3) is 0 Å². The number of ether oxygens (including phenoxy) is 3. The molecule has 0 spiro atoms. The van der Waals surface area contributed by atoms with Gasteiger partial charge in [0, 0.05) is 37.6 Å². The van der Waals surface area contributed by atoms with Crippen LogP contribution in [0.5, 0.6) is 0 Å². The first-order chi connectivity index (χ1) is 13.4. The number of hydrogen-bond donors (Lipinski definition) is 1. The molecule has 5 heterocycles. The Balaban J connectivity index is 1.17. The van der Waals surface area contributed by atoms with Crippen LogP contribution in [0.4, 0.5) is 10.8 Å². The molecule has 0 bridgehead atoms. The average Bonchev–Trinajstić information content (AvgIpc) is 3.35. The monoisotopic (exact) mass is 388 g/mol. The van der Waals surface area contributed by atoms with E-state index in [9.17, 15) is 0 Å². The van der Waals surface area contributed by atoms with E-state index in [1.165, 1.54) is 5.69 Å². The molecule has 3 saturated heterocycles. The first-order valence-corrected chi connectivity index (χ1v) is 10.5. The summed E-state index contributed by atoms with van der Waals surface area (Å²) in [5.41, 5.74) is 3.29. The van der Waals surface area contributed by atoms with Crippen molar-refractivity contribution < 1.29 is 14.2 Å². The maximum atomic E-state index is 5.79. The number of thiazole rings is 1. The van der Waals surface area contributed by atoms with Crippen LogP contribution in [0.15, 0.2) is 23.7 Å². The summed E-state index contributed by atoms with van der Waals surface area (Å²) in [4.78, 5) is 11.7. The summed E-state index contributed by atoms with van der Waals surface area (Å²) in [7, 11) is 0. The van der Waals surface area contributed by atoms with Crippen molar-refractivity contribution in [2.75, 3.05) is 49.7 Å². The summed E-state index contributed by atoms with van der Waals surface area (Å²) in [5, 5.41) is 6.47. The van der Waals surface area contributed by atoms with E-state index in [1.807, 2.05) is 6.20 Å². The first-order valence-electron chi connectivity index (χ1n) is 9.60. The lowest BCUT2D eigenvalue weighted by Crippen LogP contribution is -2.36. The van der Waals surface area contributed by atoms with E-state index in [0.717, 1.165) is 68.9 Å². The van der Waals surface area contributed by atoms with Crippen molar-refractivity contribution in [3.05, 3.63) is 35.1 Å². The van der Waals surface area contributed by atoms with Gasteiger partial charge in [-0.15, -0.1) is 11.3 Å². The molecule has 144 valence electrons. The van der Waals surface area contributed by atoms with E-state index < -0.39 is 0 Å². The molecular weight excluding hydrogens is 364 g/mol. The lowest BCUT2D eigenvalue weighted by molar-refractivity contribution is 0.0846. The predicted molar refractivity (Wildman–Crippen MR) is 103 cm³/mol. The van der Waals surface area contributed by atoms with Crippen LogP contribution in [0.1, 0.15) is 36.3 Å². The number of nitrogens with one attached hydrogen (secondary N) is 1. The molecule has 2 atom stereocenters. The second-order valence-electron chi connectivity index (χ2n) is 7.13. The van der Waals surface area contributed by atoms with Gasteiger partial charge >= 0.3 is 0 Å². The van der Waals surface area contributed by atoms with Gasteiger partial charge in [0.1, 0.15) is 6.10 Å². The molecule has 3 aliphatic heterocycles. The number of rotatable bonds is 5. The van der Waals surface area contributed by atoms with Crippen molar-refractivity contribution in [1.82, 2.24) is 9.97 Å². The van der Waals surface area contributed by atoms with Crippen molar-refractivity contribution in [2.45, 2.75) is 31.1 Å². The van der Waals surface area contributed by atoms with Crippen molar-refractivity contribution in [2.24, 2.45) is 0 Å². The fourth-order valence-corrected chi connectivity index (χ4v) is 4.50. The molecule has 7 nitrogen and oxygen atoms in total. The molecule has 0 amide bonds. The quantitative estimate of drug-likeness (QED) is 0.790. The Bertz CT molecular complexity index is 757.